The highest BCUT2D eigenvalue weighted by molar-refractivity contribution is 7.98. The minimum atomic E-state index is -3.67. The second-order valence-electron chi connectivity index (χ2n) is 4.52. The van der Waals surface area contributed by atoms with Gasteiger partial charge in [-0.15, -0.1) is 11.3 Å². The largest absolute Gasteiger partial charge is 0.465 e. The molecular weight excluding hydrogens is 330 g/mol. The molecule has 1 heterocycles. The molecular formula is C13H21NO4S3. The Labute approximate surface area is 134 Å². The van der Waals surface area contributed by atoms with Gasteiger partial charge in [0.25, 0.3) is 0 Å². The van der Waals surface area contributed by atoms with Crippen LogP contribution in [0.3, 0.4) is 0 Å². The third-order valence-electron chi connectivity index (χ3n) is 2.87. The van der Waals surface area contributed by atoms with Crippen molar-refractivity contribution in [3.63, 3.8) is 0 Å². The van der Waals surface area contributed by atoms with E-state index >= 15 is 0 Å². The Bertz CT molecular complexity index is 566. The summed E-state index contributed by atoms with van der Waals surface area (Å²) in [6.45, 7) is 2.06. The highest BCUT2D eigenvalue weighted by Gasteiger charge is 2.26. The van der Waals surface area contributed by atoms with Crippen molar-refractivity contribution in [1.29, 1.82) is 0 Å². The van der Waals surface area contributed by atoms with Crippen molar-refractivity contribution in [3.05, 3.63) is 15.8 Å². The molecule has 5 nitrogen and oxygen atoms in total. The molecule has 0 aromatic carbocycles. The van der Waals surface area contributed by atoms with E-state index in [1.54, 1.807) is 24.1 Å². The van der Waals surface area contributed by atoms with Crippen LogP contribution in [0.2, 0.25) is 0 Å². The number of esters is 1. The van der Waals surface area contributed by atoms with Crippen LogP contribution >= 0.6 is 23.1 Å². The topological polar surface area (TPSA) is 72.5 Å². The van der Waals surface area contributed by atoms with Crippen molar-refractivity contribution in [2.75, 3.05) is 25.7 Å². The van der Waals surface area contributed by atoms with Crippen LogP contribution in [0.5, 0.6) is 0 Å². The maximum atomic E-state index is 12.3. The molecule has 1 aromatic rings. The number of thiophene rings is 1. The Morgan fingerprint density at radius 1 is 1.38 bits per heavy atom. The average Bonchev–Trinajstić information content (AvgIpc) is 2.84. The van der Waals surface area contributed by atoms with Crippen LogP contribution < -0.4 is 4.72 Å². The van der Waals surface area contributed by atoms with E-state index in [4.69, 9.17) is 0 Å². The predicted octanol–water partition coefficient (Wildman–Crippen LogP) is 2.65. The van der Waals surface area contributed by atoms with Gasteiger partial charge in [0.15, 0.2) is 0 Å². The molecule has 0 saturated heterocycles. The van der Waals surface area contributed by atoms with Gasteiger partial charge in [-0.25, -0.2) is 17.9 Å². The van der Waals surface area contributed by atoms with Gasteiger partial charge in [0.1, 0.15) is 9.77 Å². The summed E-state index contributed by atoms with van der Waals surface area (Å²) in [5, 5.41) is 1.65. The Kier molecular flexibility index (Phi) is 7.72. The molecule has 8 heteroatoms. The van der Waals surface area contributed by atoms with E-state index in [9.17, 15) is 13.2 Å². The normalized spacial score (nSPS) is 11.6. The van der Waals surface area contributed by atoms with Crippen LogP contribution in [-0.2, 0) is 14.8 Å². The van der Waals surface area contributed by atoms with Crippen LogP contribution in [0.1, 0.15) is 34.5 Å². The highest BCUT2D eigenvalue weighted by atomic mass is 32.2. The second-order valence-corrected chi connectivity index (χ2v) is 8.09. The number of methoxy groups -OCH3 is 1. The number of carbonyl (C=O) groups is 1. The lowest BCUT2D eigenvalue weighted by molar-refractivity contribution is 0.0602. The summed E-state index contributed by atoms with van der Waals surface area (Å²) in [5.74, 6) is 0.469. The first kappa shape index (κ1) is 18.5. The fourth-order valence-electron chi connectivity index (χ4n) is 1.83. The van der Waals surface area contributed by atoms with Gasteiger partial charge in [-0.05, 0) is 42.7 Å². The lowest BCUT2D eigenvalue weighted by Gasteiger charge is -2.08. The van der Waals surface area contributed by atoms with E-state index in [1.807, 2.05) is 0 Å². The summed E-state index contributed by atoms with van der Waals surface area (Å²) in [6, 6.07) is 0. The third kappa shape index (κ3) is 5.28. The monoisotopic (exact) mass is 351 g/mol. The molecule has 0 amide bonds. The first-order chi connectivity index (χ1) is 9.94. The molecule has 0 aliphatic heterocycles. The zero-order chi connectivity index (χ0) is 15.9. The SMILES string of the molecule is COC(=O)c1scc(C)c1S(=O)(=O)NCCCCCSC. The van der Waals surface area contributed by atoms with Crippen LogP contribution in [0.15, 0.2) is 10.3 Å². The van der Waals surface area contributed by atoms with Crippen LogP contribution in [0.25, 0.3) is 0 Å². The summed E-state index contributed by atoms with van der Waals surface area (Å²) < 4.78 is 31.9. The first-order valence-corrected chi connectivity index (χ1v) is 10.3. The van der Waals surface area contributed by atoms with Crippen molar-refractivity contribution in [3.8, 4) is 0 Å². The van der Waals surface area contributed by atoms with Gasteiger partial charge in [-0.1, -0.05) is 6.42 Å². The minimum Gasteiger partial charge on any atom is -0.465 e. The fourth-order valence-corrected chi connectivity index (χ4v) is 5.10. The number of carbonyl (C=O) groups excluding carboxylic acids is 1. The predicted molar refractivity (Wildman–Crippen MR) is 87.8 cm³/mol. The first-order valence-electron chi connectivity index (χ1n) is 6.59. The zero-order valence-electron chi connectivity index (χ0n) is 12.5. The molecule has 0 aliphatic carbocycles. The van der Waals surface area contributed by atoms with E-state index in [1.165, 1.54) is 7.11 Å². The van der Waals surface area contributed by atoms with Gasteiger partial charge in [0.05, 0.1) is 7.11 Å². The molecule has 120 valence electrons. The van der Waals surface area contributed by atoms with E-state index in [-0.39, 0.29) is 9.77 Å². The number of hydrogen-bond acceptors (Lipinski definition) is 6. The Morgan fingerprint density at radius 3 is 2.71 bits per heavy atom. The van der Waals surface area contributed by atoms with Gasteiger partial charge in [-0.3, -0.25) is 0 Å². The molecule has 0 saturated carbocycles. The zero-order valence-corrected chi connectivity index (χ0v) is 14.9. The summed E-state index contributed by atoms with van der Waals surface area (Å²) in [5.41, 5.74) is 0.565. The molecule has 0 unspecified atom stereocenters. The van der Waals surface area contributed by atoms with Crippen molar-refractivity contribution in [2.45, 2.75) is 31.1 Å². The molecule has 21 heavy (non-hydrogen) atoms. The number of rotatable bonds is 9. The average molecular weight is 352 g/mol. The summed E-state index contributed by atoms with van der Waals surface area (Å²) >= 11 is 2.87. The van der Waals surface area contributed by atoms with Crippen LogP contribution in [0.4, 0.5) is 0 Å². The van der Waals surface area contributed by atoms with Gasteiger partial charge in [-0.2, -0.15) is 11.8 Å². The molecule has 0 atom stereocenters. The molecule has 0 radical (unpaired) electrons. The second kappa shape index (κ2) is 8.77. The summed E-state index contributed by atoms with van der Waals surface area (Å²) in [6.07, 6.45) is 4.90. The minimum absolute atomic E-state index is 0.0449. The Hall–Kier alpha value is -0.570. The Balaban J connectivity index is 2.70. The fraction of sp³-hybridized carbons (Fsp3) is 0.615. The van der Waals surface area contributed by atoms with E-state index in [2.05, 4.69) is 15.7 Å². The van der Waals surface area contributed by atoms with Crippen LogP contribution in [0, 0.1) is 6.92 Å². The molecule has 1 aromatic heterocycles. The number of ether oxygens (including phenoxy) is 1. The van der Waals surface area contributed by atoms with Gasteiger partial charge in [0.2, 0.25) is 10.0 Å². The summed E-state index contributed by atoms with van der Waals surface area (Å²) in [7, 11) is -2.43. The number of aryl methyl sites for hydroxylation is 1. The number of unbranched alkanes of at least 4 members (excludes halogenated alkanes) is 2. The highest BCUT2D eigenvalue weighted by Crippen LogP contribution is 2.27. The molecule has 0 fully saturated rings. The summed E-state index contributed by atoms with van der Waals surface area (Å²) in [4.78, 5) is 11.8. The van der Waals surface area contributed by atoms with Crippen molar-refractivity contribution >= 4 is 39.1 Å². The maximum absolute atomic E-state index is 12.3. The third-order valence-corrected chi connectivity index (χ3v) is 6.43. The number of nitrogens with one attached hydrogen (secondary N) is 1. The van der Waals surface area contributed by atoms with E-state index < -0.39 is 16.0 Å². The Morgan fingerprint density at radius 2 is 2.10 bits per heavy atom. The standard InChI is InChI=1S/C13H21NO4S3/c1-10-9-20-11(13(15)18-2)12(10)21(16,17)14-7-5-4-6-8-19-3/h9,14H,4-8H2,1-3H3. The smallest absolute Gasteiger partial charge is 0.349 e. The quantitative estimate of drug-likeness (QED) is 0.547. The van der Waals surface area contributed by atoms with E-state index in [0.717, 1.165) is 36.4 Å². The molecule has 0 bridgehead atoms. The molecule has 1 rings (SSSR count). The number of thioether (sulfide) groups is 1. The number of hydrogen-bond donors (Lipinski definition) is 1. The maximum Gasteiger partial charge on any atom is 0.349 e. The lowest BCUT2D eigenvalue weighted by atomic mass is 10.2. The molecule has 1 N–H and O–H groups in total. The van der Waals surface area contributed by atoms with Gasteiger partial charge in [0, 0.05) is 6.54 Å². The van der Waals surface area contributed by atoms with Gasteiger partial charge < -0.3 is 4.74 Å². The number of sulfonamides is 1. The van der Waals surface area contributed by atoms with Crippen molar-refractivity contribution in [1.82, 2.24) is 4.72 Å². The van der Waals surface area contributed by atoms with Crippen molar-refractivity contribution in [2.24, 2.45) is 0 Å². The molecule has 0 spiro atoms. The lowest BCUT2D eigenvalue weighted by Crippen LogP contribution is -2.26. The van der Waals surface area contributed by atoms with Crippen LogP contribution in [-0.4, -0.2) is 40.1 Å². The van der Waals surface area contributed by atoms with Crippen molar-refractivity contribution < 1.29 is 17.9 Å². The van der Waals surface area contributed by atoms with Gasteiger partial charge >= 0.3 is 5.97 Å². The van der Waals surface area contributed by atoms with E-state index in [0.29, 0.717) is 12.1 Å². The molecule has 0 aliphatic rings.